The van der Waals surface area contributed by atoms with Crippen molar-refractivity contribution >= 4 is 45.1 Å². The van der Waals surface area contributed by atoms with Gasteiger partial charge in [-0.1, -0.05) is 23.2 Å². The van der Waals surface area contributed by atoms with Crippen molar-refractivity contribution in [3.05, 3.63) is 28.2 Å². The third kappa shape index (κ3) is 4.10. The maximum absolute atomic E-state index is 11.4. The molecule has 1 heterocycles. The average molecular weight is 380 g/mol. The number of esters is 1. The molecule has 0 saturated carbocycles. The molecule has 23 heavy (non-hydrogen) atoms. The van der Waals surface area contributed by atoms with Crippen LogP contribution in [0.4, 0.5) is 5.88 Å². The van der Waals surface area contributed by atoms with Gasteiger partial charge in [0.25, 0.3) is 5.88 Å². The van der Waals surface area contributed by atoms with Gasteiger partial charge in [0.1, 0.15) is 0 Å². The average Bonchev–Trinajstić information content (AvgIpc) is 2.68. The molecule has 0 unspecified atom stereocenters. The third-order valence-electron chi connectivity index (χ3n) is 2.54. The highest BCUT2D eigenvalue weighted by molar-refractivity contribution is 7.92. The summed E-state index contributed by atoms with van der Waals surface area (Å²) in [6.07, 6.45) is 0.871. The number of rotatable bonds is 4. The van der Waals surface area contributed by atoms with Gasteiger partial charge in [0.15, 0.2) is 5.76 Å². The first-order chi connectivity index (χ1) is 10.6. The summed E-state index contributed by atoms with van der Waals surface area (Å²) in [5.74, 6) is -2.47. The minimum atomic E-state index is -3.74. The van der Waals surface area contributed by atoms with Gasteiger partial charge in [0.05, 0.1) is 11.3 Å². The second kappa shape index (κ2) is 6.31. The molecule has 10 heteroatoms. The number of carbonyl (C=O) groups excluding carboxylic acids is 1. The molecule has 7 nitrogen and oxygen atoms in total. The van der Waals surface area contributed by atoms with E-state index in [1.54, 1.807) is 0 Å². The quantitative estimate of drug-likeness (QED) is 0.789. The Balaban J connectivity index is 2.66. The van der Waals surface area contributed by atoms with Crippen LogP contribution in [0.2, 0.25) is 10.0 Å². The van der Waals surface area contributed by atoms with Gasteiger partial charge in [-0.25, -0.2) is 8.42 Å². The number of carbonyl (C=O) groups is 1. The van der Waals surface area contributed by atoms with Gasteiger partial charge in [-0.05, 0) is 18.2 Å². The van der Waals surface area contributed by atoms with Crippen LogP contribution in [0.15, 0.2) is 22.6 Å². The van der Waals surface area contributed by atoms with E-state index < -0.39 is 33.4 Å². The zero-order valence-corrected chi connectivity index (χ0v) is 14.2. The van der Waals surface area contributed by atoms with E-state index in [2.05, 4.69) is 0 Å². The first-order valence-electron chi connectivity index (χ1n) is 6.06. The van der Waals surface area contributed by atoms with Gasteiger partial charge >= 0.3 is 5.97 Å². The minimum absolute atomic E-state index is 0.193. The molecule has 124 valence electrons. The minimum Gasteiger partial charge on any atom is -0.502 e. The highest BCUT2D eigenvalue weighted by atomic mass is 35.5. The summed E-state index contributed by atoms with van der Waals surface area (Å²) < 4.78 is 34.9. The molecular formula is C13H11Cl2NO6S. The van der Waals surface area contributed by atoms with Crippen molar-refractivity contribution in [3.8, 4) is 22.8 Å². The second-order valence-corrected chi connectivity index (χ2v) is 7.12. The molecule has 0 amide bonds. The van der Waals surface area contributed by atoms with Crippen LogP contribution in [0.3, 0.4) is 0 Å². The fourth-order valence-corrected chi connectivity index (χ4v) is 2.58. The predicted octanol–water partition coefficient (Wildman–Crippen LogP) is 3.26. The van der Waals surface area contributed by atoms with Crippen LogP contribution in [0.5, 0.6) is 11.5 Å². The lowest BCUT2D eigenvalue weighted by Crippen LogP contribution is -2.11. The van der Waals surface area contributed by atoms with E-state index >= 15 is 0 Å². The molecule has 2 rings (SSSR count). The zero-order chi connectivity index (χ0) is 17.4. The molecule has 2 N–H and O–H groups in total. The van der Waals surface area contributed by atoms with Crippen LogP contribution in [0.1, 0.15) is 6.92 Å². The highest BCUT2D eigenvalue weighted by Crippen LogP contribution is 2.48. The van der Waals surface area contributed by atoms with Gasteiger partial charge in [-0.3, -0.25) is 9.52 Å². The molecule has 0 fully saturated rings. The Morgan fingerprint density at radius 1 is 1.35 bits per heavy atom. The number of hydrogen-bond acceptors (Lipinski definition) is 6. The molecule has 0 radical (unpaired) electrons. The fraction of sp³-hybridized carbons (Fsp3) is 0.154. The van der Waals surface area contributed by atoms with Crippen LogP contribution in [-0.2, 0) is 14.8 Å². The number of hydrogen-bond donors (Lipinski definition) is 2. The summed E-state index contributed by atoms with van der Waals surface area (Å²) >= 11 is 11.9. The number of benzene rings is 1. The van der Waals surface area contributed by atoms with Crippen molar-refractivity contribution < 1.29 is 27.5 Å². The molecule has 0 bridgehead atoms. The SMILES string of the molecule is CC(=O)Oc1c(NS(C)(=O)=O)oc(-c2cc(Cl)ccc2Cl)c1O. The molecule has 1 aromatic carbocycles. The summed E-state index contributed by atoms with van der Waals surface area (Å²) in [5, 5.41) is 10.7. The predicted molar refractivity (Wildman–Crippen MR) is 85.6 cm³/mol. The lowest BCUT2D eigenvalue weighted by molar-refractivity contribution is -0.131. The summed E-state index contributed by atoms with van der Waals surface area (Å²) in [5.41, 5.74) is 0.201. The Kier molecular flexibility index (Phi) is 4.79. The lowest BCUT2D eigenvalue weighted by Gasteiger charge is -2.02. The molecule has 1 aromatic heterocycles. The van der Waals surface area contributed by atoms with Crippen molar-refractivity contribution in [2.24, 2.45) is 0 Å². The van der Waals surface area contributed by atoms with Crippen LogP contribution < -0.4 is 9.46 Å². The Morgan fingerprint density at radius 2 is 2.00 bits per heavy atom. The topological polar surface area (TPSA) is 106 Å². The van der Waals surface area contributed by atoms with E-state index in [1.807, 2.05) is 4.72 Å². The van der Waals surface area contributed by atoms with Gasteiger partial charge in [0, 0.05) is 17.5 Å². The maximum atomic E-state index is 11.4. The largest absolute Gasteiger partial charge is 0.502 e. The van der Waals surface area contributed by atoms with Crippen molar-refractivity contribution in [2.45, 2.75) is 6.92 Å². The third-order valence-corrected chi connectivity index (χ3v) is 3.66. The van der Waals surface area contributed by atoms with Crippen molar-refractivity contribution in [2.75, 3.05) is 11.0 Å². The lowest BCUT2D eigenvalue weighted by atomic mass is 10.1. The monoisotopic (exact) mass is 379 g/mol. The number of sulfonamides is 1. The van der Waals surface area contributed by atoms with Crippen molar-refractivity contribution in [3.63, 3.8) is 0 Å². The van der Waals surface area contributed by atoms with E-state index in [0.717, 1.165) is 13.2 Å². The summed E-state index contributed by atoms with van der Waals surface area (Å²) in [4.78, 5) is 11.2. The van der Waals surface area contributed by atoms with E-state index in [4.69, 9.17) is 32.4 Å². The smallest absolute Gasteiger partial charge is 0.308 e. The molecule has 0 spiro atoms. The Hall–Kier alpha value is -1.90. The fourth-order valence-electron chi connectivity index (χ4n) is 1.74. The van der Waals surface area contributed by atoms with Crippen LogP contribution in [0, 0.1) is 0 Å². The highest BCUT2D eigenvalue weighted by Gasteiger charge is 2.27. The van der Waals surface area contributed by atoms with Gasteiger partial charge in [-0.15, -0.1) is 0 Å². The van der Waals surface area contributed by atoms with Gasteiger partial charge in [0.2, 0.25) is 21.5 Å². The standard InChI is InChI=1S/C13H11Cl2NO6S/c1-6(17)21-12-10(18)11(22-13(12)16-23(2,19)20)8-5-7(14)3-4-9(8)15/h3-5,16,18H,1-2H3. The van der Waals surface area contributed by atoms with E-state index in [0.29, 0.717) is 5.02 Å². The van der Waals surface area contributed by atoms with Crippen molar-refractivity contribution in [1.29, 1.82) is 0 Å². The summed E-state index contributed by atoms with van der Waals surface area (Å²) in [6.45, 7) is 1.09. The molecule has 0 aliphatic carbocycles. The van der Waals surface area contributed by atoms with E-state index in [-0.39, 0.29) is 16.3 Å². The van der Waals surface area contributed by atoms with Crippen molar-refractivity contribution in [1.82, 2.24) is 0 Å². The molecule has 0 atom stereocenters. The molecular weight excluding hydrogens is 369 g/mol. The van der Waals surface area contributed by atoms with E-state index in [1.165, 1.54) is 18.2 Å². The number of ether oxygens (including phenoxy) is 1. The Morgan fingerprint density at radius 3 is 2.57 bits per heavy atom. The maximum Gasteiger partial charge on any atom is 0.308 e. The first-order valence-corrected chi connectivity index (χ1v) is 8.70. The van der Waals surface area contributed by atoms with Crippen LogP contribution in [0.25, 0.3) is 11.3 Å². The number of nitrogens with one attached hydrogen (secondary N) is 1. The molecule has 0 aliphatic rings. The first kappa shape index (κ1) is 17.5. The zero-order valence-electron chi connectivity index (χ0n) is 11.9. The number of furan rings is 1. The van der Waals surface area contributed by atoms with E-state index in [9.17, 15) is 18.3 Å². The normalized spacial score (nSPS) is 11.3. The Labute approximate surface area is 141 Å². The Bertz CT molecular complexity index is 875. The molecule has 2 aromatic rings. The summed E-state index contributed by atoms with van der Waals surface area (Å²) in [6, 6.07) is 4.40. The number of aromatic hydroxyl groups is 1. The van der Waals surface area contributed by atoms with Crippen LogP contribution in [-0.4, -0.2) is 25.7 Å². The van der Waals surface area contributed by atoms with Crippen LogP contribution >= 0.6 is 23.2 Å². The number of anilines is 1. The summed E-state index contributed by atoms with van der Waals surface area (Å²) in [7, 11) is -3.74. The molecule has 0 aliphatic heterocycles. The number of halogens is 2. The van der Waals surface area contributed by atoms with Gasteiger partial charge < -0.3 is 14.3 Å². The molecule has 0 saturated heterocycles. The van der Waals surface area contributed by atoms with Gasteiger partial charge in [-0.2, -0.15) is 0 Å². The second-order valence-electron chi connectivity index (χ2n) is 4.53.